The van der Waals surface area contributed by atoms with Gasteiger partial charge in [-0.15, -0.1) is 0 Å². The summed E-state index contributed by atoms with van der Waals surface area (Å²) in [4.78, 5) is 4.35. The molecule has 0 aliphatic rings. The summed E-state index contributed by atoms with van der Waals surface area (Å²) in [7, 11) is 0. The molecule has 3 aromatic rings. The van der Waals surface area contributed by atoms with Crippen LogP contribution < -0.4 is 0 Å². The normalized spacial score (nSPS) is 10.8. The number of hydrogen-bond acceptors (Lipinski definition) is 3. The molecule has 0 N–H and O–H groups in total. The van der Waals surface area contributed by atoms with Gasteiger partial charge in [-0.25, -0.2) is 0 Å². The molecule has 3 nitrogen and oxygen atoms in total. The molecular formula is C14H7BrCl2N2O. The molecule has 0 aliphatic heterocycles. The van der Waals surface area contributed by atoms with Crippen LogP contribution in [0, 0.1) is 0 Å². The molecule has 0 amide bonds. The van der Waals surface area contributed by atoms with Gasteiger partial charge in [0.25, 0.3) is 5.89 Å². The van der Waals surface area contributed by atoms with Crippen molar-refractivity contribution in [3.8, 4) is 22.8 Å². The van der Waals surface area contributed by atoms with Gasteiger partial charge in [-0.05, 0) is 42.5 Å². The van der Waals surface area contributed by atoms with Gasteiger partial charge in [-0.1, -0.05) is 44.3 Å². The second-order valence-corrected chi connectivity index (χ2v) is 5.81. The SMILES string of the molecule is Clc1ccc(-c2noc(-c3ccc(Br)cc3Cl)n2)cc1. The Bertz CT molecular complexity index is 756. The summed E-state index contributed by atoms with van der Waals surface area (Å²) >= 11 is 15.4. The number of hydrogen-bond donors (Lipinski definition) is 0. The molecule has 0 saturated carbocycles. The third-order valence-corrected chi connectivity index (χ3v) is 3.75. The molecule has 0 aliphatic carbocycles. The van der Waals surface area contributed by atoms with Gasteiger partial charge in [0.2, 0.25) is 5.82 Å². The lowest BCUT2D eigenvalue weighted by molar-refractivity contribution is 0.432. The van der Waals surface area contributed by atoms with E-state index < -0.39 is 0 Å². The highest BCUT2D eigenvalue weighted by molar-refractivity contribution is 9.10. The monoisotopic (exact) mass is 368 g/mol. The molecule has 0 atom stereocenters. The molecule has 0 radical (unpaired) electrons. The second kappa shape index (κ2) is 5.56. The van der Waals surface area contributed by atoms with Gasteiger partial charge in [-0.3, -0.25) is 0 Å². The van der Waals surface area contributed by atoms with Gasteiger partial charge in [0.05, 0.1) is 10.6 Å². The number of rotatable bonds is 2. The topological polar surface area (TPSA) is 38.9 Å². The van der Waals surface area contributed by atoms with E-state index in [1.54, 1.807) is 18.2 Å². The van der Waals surface area contributed by atoms with Crippen molar-refractivity contribution in [2.24, 2.45) is 0 Å². The third-order valence-electron chi connectivity index (χ3n) is 2.69. The summed E-state index contributed by atoms with van der Waals surface area (Å²) in [6.45, 7) is 0. The van der Waals surface area contributed by atoms with Crippen LogP contribution in [0.25, 0.3) is 22.8 Å². The lowest BCUT2D eigenvalue weighted by Gasteiger charge is -1.98. The molecule has 6 heteroatoms. The average Bonchev–Trinajstić information content (AvgIpc) is 2.89. The van der Waals surface area contributed by atoms with Crippen molar-refractivity contribution < 1.29 is 4.52 Å². The molecule has 0 fully saturated rings. The molecular weight excluding hydrogens is 363 g/mol. The highest BCUT2D eigenvalue weighted by Gasteiger charge is 2.13. The van der Waals surface area contributed by atoms with Crippen LogP contribution in [0.15, 0.2) is 51.5 Å². The zero-order valence-corrected chi connectivity index (χ0v) is 13.1. The minimum Gasteiger partial charge on any atom is -0.334 e. The highest BCUT2D eigenvalue weighted by Crippen LogP contribution is 2.30. The fourth-order valence-corrected chi connectivity index (χ4v) is 2.59. The molecule has 20 heavy (non-hydrogen) atoms. The van der Waals surface area contributed by atoms with Crippen LogP contribution in [-0.4, -0.2) is 10.1 Å². The summed E-state index contributed by atoms with van der Waals surface area (Å²) in [5, 5.41) is 5.16. The van der Waals surface area contributed by atoms with E-state index in [2.05, 4.69) is 26.1 Å². The summed E-state index contributed by atoms with van der Waals surface area (Å²) < 4.78 is 6.15. The maximum Gasteiger partial charge on any atom is 0.259 e. The molecule has 2 aromatic carbocycles. The summed E-state index contributed by atoms with van der Waals surface area (Å²) in [5.41, 5.74) is 1.53. The lowest BCUT2D eigenvalue weighted by Crippen LogP contribution is -1.82. The fraction of sp³-hybridized carbons (Fsp3) is 0. The maximum atomic E-state index is 6.16. The van der Waals surface area contributed by atoms with Crippen LogP contribution in [0.3, 0.4) is 0 Å². The average molecular weight is 370 g/mol. The van der Waals surface area contributed by atoms with E-state index in [0.717, 1.165) is 10.0 Å². The molecule has 1 heterocycles. The van der Waals surface area contributed by atoms with Gasteiger partial charge in [0, 0.05) is 15.1 Å². The second-order valence-electron chi connectivity index (χ2n) is 4.05. The standard InChI is InChI=1S/C14H7BrCl2N2O/c15-9-3-6-11(12(17)7-9)14-18-13(19-20-14)8-1-4-10(16)5-2-8/h1-7H. The van der Waals surface area contributed by atoms with Crippen LogP contribution in [0.1, 0.15) is 0 Å². The molecule has 1 aromatic heterocycles. The van der Waals surface area contributed by atoms with Crippen LogP contribution >= 0.6 is 39.1 Å². The van der Waals surface area contributed by atoms with Gasteiger partial charge in [0.1, 0.15) is 0 Å². The van der Waals surface area contributed by atoms with E-state index in [-0.39, 0.29) is 0 Å². The fourth-order valence-electron chi connectivity index (χ4n) is 1.71. The molecule has 100 valence electrons. The minimum atomic E-state index is 0.382. The summed E-state index contributed by atoms with van der Waals surface area (Å²) in [5.74, 6) is 0.878. The third kappa shape index (κ3) is 2.73. The Labute approximate surface area is 133 Å². The van der Waals surface area contributed by atoms with Gasteiger partial charge in [-0.2, -0.15) is 4.98 Å². The quantitative estimate of drug-likeness (QED) is 0.600. The molecule has 3 rings (SSSR count). The van der Waals surface area contributed by atoms with Gasteiger partial charge < -0.3 is 4.52 Å². The Morgan fingerprint density at radius 3 is 2.45 bits per heavy atom. The van der Waals surface area contributed by atoms with E-state index in [1.165, 1.54) is 0 Å². The Balaban J connectivity index is 1.99. The first kappa shape index (κ1) is 13.6. The highest BCUT2D eigenvalue weighted by atomic mass is 79.9. The largest absolute Gasteiger partial charge is 0.334 e. The predicted octanol–water partition coefficient (Wildman–Crippen LogP) is 5.47. The van der Waals surface area contributed by atoms with E-state index in [1.807, 2.05) is 24.3 Å². The van der Waals surface area contributed by atoms with Gasteiger partial charge in [0.15, 0.2) is 0 Å². The molecule has 0 bridgehead atoms. The maximum absolute atomic E-state index is 6.16. The first-order chi connectivity index (χ1) is 9.63. The molecule has 0 unspecified atom stereocenters. The predicted molar refractivity (Wildman–Crippen MR) is 82.9 cm³/mol. The van der Waals surface area contributed by atoms with Gasteiger partial charge >= 0.3 is 0 Å². The van der Waals surface area contributed by atoms with Crippen molar-refractivity contribution in [3.05, 3.63) is 57.0 Å². The smallest absolute Gasteiger partial charge is 0.259 e. The number of halogens is 3. The summed E-state index contributed by atoms with van der Waals surface area (Å²) in [6, 6.07) is 12.7. The zero-order chi connectivity index (χ0) is 14.1. The van der Waals surface area contributed by atoms with E-state index in [4.69, 9.17) is 27.7 Å². The molecule has 0 saturated heterocycles. The van der Waals surface area contributed by atoms with Crippen LogP contribution in [-0.2, 0) is 0 Å². The van der Waals surface area contributed by atoms with Crippen molar-refractivity contribution in [1.82, 2.24) is 10.1 Å². The van der Waals surface area contributed by atoms with Crippen molar-refractivity contribution in [1.29, 1.82) is 0 Å². The van der Waals surface area contributed by atoms with E-state index in [0.29, 0.717) is 27.3 Å². The van der Waals surface area contributed by atoms with Crippen LogP contribution in [0.2, 0.25) is 10.0 Å². The lowest BCUT2D eigenvalue weighted by atomic mass is 10.2. The first-order valence-corrected chi connectivity index (χ1v) is 7.23. The Morgan fingerprint density at radius 2 is 1.75 bits per heavy atom. The van der Waals surface area contributed by atoms with E-state index >= 15 is 0 Å². The first-order valence-electron chi connectivity index (χ1n) is 5.68. The van der Waals surface area contributed by atoms with Crippen molar-refractivity contribution in [3.63, 3.8) is 0 Å². The molecule has 0 spiro atoms. The zero-order valence-electron chi connectivity index (χ0n) is 9.98. The number of aromatic nitrogens is 2. The minimum absolute atomic E-state index is 0.382. The summed E-state index contributed by atoms with van der Waals surface area (Å²) in [6.07, 6.45) is 0. The van der Waals surface area contributed by atoms with Crippen molar-refractivity contribution in [2.75, 3.05) is 0 Å². The van der Waals surface area contributed by atoms with Crippen molar-refractivity contribution in [2.45, 2.75) is 0 Å². The Kier molecular flexibility index (Phi) is 3.78. The Morgan fingerprint density at radius 1 is 1.00 bits per heavy atom. The number of benzene rings is 2. The van der Waals surface area contributed by atoms with Crippen LogP contribution in [0.4, 0.5) is 0 Å². The van der Waals surface area contributed by atoms with Crippen molar-refractivity contribution >= 4 is 39.1 Å². The number of nitrogens with zero attached hydrogens (tertiary/aromatic N) is 2. The van der Waals surface area contributed by atoms with Crippen LogP contribution in [0.5, 0.6) is 0 Å². The van der Waals surface area contributed by atoms with E-state index in [9.17, 15) is 0 Å². The Hall–Kier alpha value is -1.36.